The fraction of sp³-hybridized carbons (Fsp3) is 0.360. The van der Waals surface area contributed by atoms with Crippen molar-refractivity contribution < 1.29 is 32.3 Å². The average molecular weight is 531 g/mol. The van der Waals surface area contributed by atoms with E-state index in [1.165, 1.54) is 4.90 Å². The molecular formula is C25H30N4O7S. The summed E-state index contributed by atoms with van der Waals surface area (Å²) in [5, 5.41) is 7.21. The van der Waals surface area contributed by atoms with Crippen molar-refractivity contribution in [3.05, 3.63) is 71.8 Å². The Morgan fingerprint density at radius 2 is 1.46 bits per heavy atom. The Morgan fingerprint density at radius 3 is 2.08 bits per heavy atom. The van der Waals surface area contributed by atoms with Crippen LogP contribution in [0.3, 0.4) is 0 Å². The Balaban J connectivity index is 1.61. The zero-order valence-electron chi connectivity index (χ0n) is 20.2. The number of rotatable bonds is 11. The molecule has 0 saturated carbocycles. The first-order chi connectivity index (χ1) is 17.7. The monoisotopic (exact) mass is 530 g/mol. The van der Waals surface area contributed by atoms with Crippen LogP contribution >= 0.6 is 0 Å². The number of nitrogens with one attached hydrogen (secondary N) is 3. The number of nitrogens with zero attached hydrogens (tertiary/aromatic N) is 1. The molecule has 12 heteroatoms. The molecule has 2 aromatic rings. The molecule has 1 saturated heterocycles. The van der Waals surface area contributed by atoms with E-state index in [0.29, 0.717) is 18.8 Å². The first kappa shape index (κ1) is 27.8. The molecule has 0 radical (unpaired) electrons. The lowest BCUT2D eigenvalue weighted by Gasteiger charge is -2.29. The Bertz CT molecular complexity index is 1180. The third kappa shape index (κ3) is 9.32. The molecule has 1 atom stereocenters. The Kier molecular flexibility index (Phi) is 10.2. The van der Waals surface area contributed by atoms with E-state index in [9.17, 15) is 27.6 Å². The predicted octanol–water partition coefficient (Wildman–Crippen LogP) is 0.0135. The van der Waals surface area contributed by atoms with Crippen molar-refractivity contribution in [1.29, 1.82) is 0 Å². The van der Waals surface area contributed by atoms with Gasteiger partial charge >= 0.3 is 6.03 Å². The molecule has 3 rings (SSSR count). The van der Waals surface area contributed by atoms with Crippen LogP contribution in [0.2, 0.25) is 0 Å². The van der Waals surface area contributed by atoms with Gasteiger partial charge in [0.25, 0.3) is 5.91 Å². The fourth-order valence-electron chi connectivity index (χ4n) is 3.58. The highest BCUT2D eigenvalue weighted by molar-refractivity contribution is 7.90. The Labute approximate surface area is 215 Å². The summed E-state index contributed by atoms with van der Waals surface area (Å²) in [5.74, 6) is -3.70. The van der Waals surface area contributed by atoms with Gasteiger partial charge in [0.15, 0.2) is 9.84 Å². The van der Waals surface area contributed by atoms with Crippen LogP contribution in [0.4, 0.5) is 4.79 Å². The summed E-state index contributed by atoms with van der Waals surface area (Å²) in [4.78, 5) is 51.3. The van der Waals surface area contributed by atoms with Gasteiger partial charge in [-0.15, -0.1) is 0 Å². The summed E-state index contributed by atoms with van der Waals surface area (Å²) in [7, 11) is -3.83. The van der Waals surface area contributed by atoms with Gasteiger partial charge in [0, 0.05) is 19.6 Å². The minimum absolute atomic E-state index is 0.134. The smallest absolute Gasteiger partial charge is 0.318 e. The van der Waals surface area contributed by atoms with Gasteiger partial charge in [-0.2, -0.15) is 0 Å². The summed E-state index contributed by atoms with van der Waals surface area (Å²) in [6.45, 7) is 0.706. The molecule has 1 aliphatic rings. The largest absolute Gasteiger partial charge is 0.378 e. The van der Waals surface area contributed by atoms with Crippen molar-refractivity contribution in [2.24, 2.45) is 0 Å². The molecule has 4 amide bonds. The first-order valence-corrected chi connectivity index (χ1v) is 13.6. The number of hydrogen-bond acceptors (Lipinski definition) is 7. The minimum atomic E-state index is -3.83. The van der Waals surface area contributed by atoms with E-state index in [-0.39, 0.29) is 25.4 Å². The van der Waals surface area contributed by atoms with Crippen LogP contribution in [0.5, 0.6) is 0 Å². The highest BCUT2D eigenvalue weighted by Crippen LogP contribution is 2.08. The maximum Gasteiger partial charge on any atom is 0.318 e. The number of hydrogen-bond donors (Lipinski definition) is 3. The van der Waals surface area contributed by atoms with Crippen molar-refractivity contribution in [1.82, 2.24) is 20.9 Å². The number of carbonyl (C=O) groups is 4. The number of Topliss-reactive ketones (excluding diaryl/α,β-unsaturated/α-hetero) is 1. The maximum absolute atomic E-state index is 12.9. The molecular weight excluding hydrogens is 500 g/mol. The lowest BCUT2D eigenvalue weighted by atomic mass is 10.2. The van der Waals surface area contributed by atoms with Crippen LogP contribution in [0.1, 0.15) is 11.1 Å². The Hall–Kier alpha value is -3.77. The predicted molar refractivity (Wildman–Crippen MR) is 135 cm³/mol. The fourth-order valence-corrected chi connectivity index (χ4v) is 5.14. The second kappa shape index (κ2) is 13.5. The average Bonchev–Trinajstić information content (AvgIpc) is 2.91. The number of carbonyl (C=O) groups excluding carboxylic acids is 4. The highest BCUT2D eigenvalue weighted by Gasteiger charge is 2.30. The molecule has 37 heavy (non-hydrogen) atoms. The SMILES string of the molecule is O=C(CNC(=O)[C@H](CS(=O)(=O)Cc1ccccc1)NC(=O)N1CCOCC1)C(=O)NCc1ccccc1. The standard InChI is InChI=1S/C25H30N4O7S/c30-22(24(32)26-15-19-7-3-1-4-8-19)16-27-23(31)21(28-25(33)29-11-13-36-14-12-29)18-37(34,35)17-20-9-5-2-6-10-20/h1-10,21H,11-18H2,(H,26,32)(H,27,31)(H,28,33)/t21-/m0/s1. The summed E-state index contributed by atoms with van der Waals surface area (Å²) >= 11 is 0. The quantitative estimate of drug-likeness (QED) is 0.346. The molecule has 1 fully saturated rings. The van der Waals surface area contributed by atoms with E-state index in [1.807, 2.05) is 6.07 Å². The van der Waals surface area contributed by atoms with Gasteiger partial charge in [0.2, 0.25) is 11.7 Å². The zero-order valence-corrected chi connectivity index (χ0v) is 21.0. The highest BCUT2D eigenvalue weighted by atomic mass is 32.2. The van der Waals surface area contributed by atoms with E-state index in [4.69, 9.17) is 4.74 Å². The molecule has 198 valence electrons. The molecule has 1 aliphatic heterocycles. The molecule has 11 nitrogen and oxygen atoms in total. The van der Waals surface area contributed by atoms with Crippen LogP contribution in [-0.2, 0) is 41.3 Å². The third-order valence-corrected chi connectivity index (χ3v) is 7.15. The van der Waals surface area contributed by atoms with Gasteiger partial charge in [0.1, 0.15) is 6.04 Å². The summed E-state index contributed by atoms with van der Waals surface area (Å²) in [5.41, 5.74) is 1.33. The molecule has 3 N–H and O–H groups in total. The second-order valence-corrected chi connectivity index (χ2v) is 10.6. The molecule has 2 aromatic carbocycles. The minimum Gasteiger partial charge on any atom is -0.378 e. The lowest BCUT2D eigenvalue weighted by Crippen LogP contribution is -2.56. The molecule has 0 bridgehead atoms. The number of morpholine rings is 1. The zero-order chi connectivity index (χ0) is 26.7. The Morgan fingerprint density at radius 1 is 0.865 bits per heavy atom. The number of benzene rings is 2. The first-order valence-electron chi connectivity index (χ1n) is 11.7. The number of ether oxygens (including phenoxy) is 1. The van der Waals surface area contributed by atoms with Crippen LogP contribution in [0.25, 0.3) is 0 Å². The molecule has 0 aromatic heterocycles. The summed E-state index contributed by atoms with van der Waals surface area (Å²) in [6, 6.07) is 15.3. The van der Waals surface area contributed by atoms with E-state index in [0.717, 1.165) is 5.56 Å². The van der Waals surface area contributed by atoms with Crippen molar-refractivity contribution in [3.8, 4) is 0 Å². The van der Waals surface area contributed by atoms with Gasteiger partial charge in [0.05, 0.1) is 31.3 Å². The van der Waals surface area contributed by atoms with Crippen molar-refractivity contribution in [2.45, 2.75) is 18.3 Å². The van der Waals surface area contributed by atoms with Crippen molar-refractivity contribution >= 4 is 33.5 Å². The van der Waals surface area contributed by atoms with E-state index in [2.05, 4.69) is 16.0 Å². The van der Waals surface area contributed by atoms with Gasteiger partial charge in [-0.25, -0.2) is 13.2 Å². The van der Waals surface area contributed by atoms with Crippen LogP contribution in [0.15, 0.2) is 60.7 Å². The molecule has 0 aliphatic carbocycles. The number of urea groups is 1. The topological polar surface area (TPSA) is 151 Å². The van der Waals surface area contributed by atoms with E-state index >= 15 is 0 Å². The van der Waals surface area contributed by atoms with Crippen molar-refractivity contribution in [3.63, 3.8) is 0 Å². The van der Waals surface area contributed by atoms with Crippen LogP contribution in [-0.4, -0.2) is 81.6 Å². The molecule has 0 unspecified atom stereocenters. The normalized spacial score (nSPS) is 14.3. The van der Waals surface area contributed by atoms with Gasteiger partial charge in [-0.1, -0.05) is 60.7 Å². The third-order valence-electron chi connectivity index (χ3n) is 5.53. The maximum atomic E-state index is 12.9. The van der Waals surface area contributed by atoms with E-state index < -0.39 is 51.8 Å². The van der Waals surface area contributed by atoms with E-state index in [1.54, 1.807) is 54.6 Å². The summed E-state index contributed by atoms with van der Waals surface area (Å²) < 4.78 is 30.9. The summed E-state index contributed by atoms with van der Waals surface area (Å²) in [6.07, 6.45) is 0. The van der Waals surface area contributed by atoms with Crippen LogP contribution < -0.4 is 16.0 Å². The second-order valence-electron chi connectivity index (χ2n) is 8.45. The van der Waals surface area contributed by atoms with Crippen LogP contribution in [0, 0.1) is 0 Å². The number of amides is 4. The lowest BCUT2D eigenvalue weighted by molar-refractivity contribution is -0.138. The molecule has 1 heterocycles. The van der Waals surface area contributed by atoms with Gasteiger partial charge < -0.3 is 25.6 Å². The number of sulfone groups is 1. The van der Waals surface area contributed by atoms with Gasteiger partial charge in [-0.3, -0.25) is 14.4 Å². The van der Waals surface area contributed by atoms with Gasteiger partial charge in [-0.05, 0) is 11.1 Å². The number of ketones is 1. The van der Waals surface area contributed by atoms with Crippen molar-refractivity contribution in [2.75, 3.05) is 38.6 Å². The molecule has 0 spiro atoms.